The third-order valence-corrected chi connectivity index (χ3v) is 4.53. The molecule has 0 saturated carbocycles. The monoisotopic (exact) mass is 410 g/mol. The highest BCUT2D eigenvalue weighted by Gasteiger charge is 2.18. The summed E-state index contributed by atoms with van der Waals surface area (Å²) < 4.78 is 15.8. The van der Waals surface area contributed by atoms with Crippen molar-refractivity contribution < 1.29 is 14.0 Å². The summed E-state index contributed by atoms with van der Waals surface area (Å²) in [5.41, 5.74) is 1.19. The number of fused-ring (bicyclic) bond motifs is 1. The Balaban J connectivity index is 2.02. The fraction of sp³-hybridized carbons (Fsp3) is 0.273. The lowest BCUT2D eigenvalue weighted by Gasteiger charge is -2.21. The van der Waals surface area contributed by atoms with Gasteiger partial charge in [0.1, 0.15) is 12.1 Å². The number of benzene rings is 2. The lowest BCUT2D eigenvalue weighted by atomic mass is 10.0. The summed E-state index contributed by atoms with van der Waals surface area (Å²) in [5.74, 6) is -0.512. The van der Waals surface area contributed by atoms with E-state index in [9.17, 15) is 18.8 Å². The number of carbonyl (C=O) groups is 2. The van der Waals surface area contributed by atoms with Crippen LogP contribution in [-0.4, -0.2) is 27.4 Å². The second-order valence-corrected chi connectivity index (χ2v) is 8.07. The van der Waals surface area contributed by atoms with Gasteiger partial charge in [0.25, 0.3) is 5.56 Å². The lowest BCUT2D eigenvalue weighted by molar-refractivity contribution is 0.112. The number of rotatable bonds is 4. The maximum atomic E-state index is 14.4. The minimum Gasteiger partial charge on any atom is -0.333 e. The van der Waals surface area contributed by atoms with Crippen LogP contribution in [0.2, 0.25) is 0 Å². The zero-order chi connectivity index (χ0) is 22.1. The van der Waals surface area contributed by atoms with Gasteiger partial charge in [-0.15, -0.1) is 0 Å². The van der Waals surface area contributed by atoms with Crippen molar-refractivity contribution in [3.05, 3.63) is 69.9 Å². The minimum atomic E-state index is -0.675. The van der Waals surface area contributed by atoms with E-state index >= 15 is 0 Å². The smallest absolute Gasteiger partial charge is 0.319 e. The van der Waals surface area contributed by atoms with E-state index in [1.54, 1.807) is 25.1 Å². The Morgan fingerprint density at radius 2 is 1.93 bits per heavy atom. The molecule has 30 heavy (non-hydrogen) atoms. The largest absolute Gasteiger partial charge is 0.333 e. The zero-order valence-electron chi connectivity index (χ0n) is 17.2. The second-order valence-electron chi connectivity index (χ2n) is 8.07. The molecule has 0 spiro atoms. The molecule has 0 bridgehead atoms. The number of hydrogen-bond donors (Lipinski definition) is 2. The summed E-state index contributed by atoms with van der Waals surface area (Å²) in [5, 5.41) is 5.53. The molecule has 0 radical (unpaired) electrons. The molecule has 2 amide bonds. The van der Waals surface area contributed by atoms with E-state index in [1.807, 2.05) is 20.8 Å². The molecule has 7 nitrogen and oxygen atoms in total. The average molecular weight is 410 g/mol. The maximum absolute atomic E-state index is 14.4. The first kappa shape index (κ1) is 21.2. The molecule has 2 N–H and O–H groups in total. The average Bonchev–Trinajstić information content (AvgIpc) is 2.66. The highest BCUT2D eigenvalue weighted by atomic mass is 19.1. The van der Waals surface area contributed by atoms with E-state index in [-0.39, 0.29) is 11.6 Å². The minimum absolute atomic E-state index is 0.223. The molecule has 0 aliphatic heterocycles. The molecule has 2 aromatic carbocycles. The molecule has 0 fully saturated rings. The van der Waals surface area contributed by atoms with Gasteiger partial charge in [0.05, 0.1) is 23.3 Å². The van der Waals surface area contributed by atoms with Gasteiger partial charge in [-0.25, -0.2) is 14.2 Å². The number of anilines is 1. The van der Waals surface area contributed by atoms with Gasteiger partial charge in [-0.3, -0.25) is 14.2 Å². The van der Waals surface area contributed by atoms with E-state index in [1.165, 1.54) is 22.8 Å². The van der Waals surface area contributed by atoms with Crippen molar-refractivity contribution in [1.82, 2.24) is 14.9 Å². The summed E-state index contributed by atoms with van der Waals surface area (Å²) in [4.78, 5) is 39.9. The topological polar surface area (TPSA) is 93.1 Å². The highest BCUT2D eigenvalue weighted by Crippen LogP contribution is 2.25. The number of carbonyl (C=O) groups excluding carboxylic acids is 2. The van der Waals surface area contributed by atoms with E-state index in [4.69, 9.17) is 0 Å². The molecule has 3 rings (SSSR count). The molecular weight excluding hydrogens is 387 g/mol. The highest BCUT2D eigenvalue weighted by molar-refractivity contribution is 5.92. The van der Waals surface area contributed by atoms with E-state index in [0.29, 0.717) is 28.6 Å². The molecule has 1 heterocycles. The molecule has 156 valence electrons. The molecule has 0 aliphatic rings. The third kappa shape index (κ3) is 4.53. The lowest BCUT2D eigenvalue weighted by Crippen LogP contribution is -2.43. The predicted molar refractivity (Wildman–Crippen MR) is 114 cm³/mol. The van der Waals surface area contributed by atoms with Crippen LogP contribution in [0.5, 0.6) is 0 Å². The number of nitrogens with one attached hydrogen (secondary N) is 2. The number of amides is 2. The van der Waals surface area contributed by atoms with E-state index in [2.05, 4.69) is 15.6 Å². The summed E-state index contributed by atoms with van der Waals surface area (Å²) in [6.45, 7) is 7.28. The van der Waals surface area contributed by atoms with Crippen molar-refractivity contribution in [3.8, 4) is 0 Å². The summed E-state index contributed by atoms with van der Waals surface area (Å²) >= 11 is 0. The summed E-state index contributed by atoms with van der Waals surface area (Å²) in [6, 6.07) is 7.91. The van der Waals surface area contributed by atoms with Crippen molar-refractivity contribution in [2.24, 2.45) is 0 Å². The van der Waals surface area contributed by atoms with Gasteiger partial charge in [0.2, 0.25) is 0 Å². The van der Waals surface area contributed by atoms with Gasteiger partial charge >= 0.3 is 6.03 Å². The molecule has 3 aromatic rings. The van der Waals surface area contributed by atoms with Crippen LogP contribution in [0.4, 0.5) is 14.9 Å². The van der Waals surface area contributed by atoms with Crippen molar-refractivity contribution in [2.75, 3.05) is 5.32 Å². The Hall–Kier alpha value is -3.55. The van der Waals surface area contributed by atoms with Crippen LogP contribution in [-0.2, 0) is 0 Å². The standard InChI is InChI=1S/C22H23FN4O3/c1-13(16-9-14(12-28)5-7-17(16)23)27-19-8-6-15(10-18(19)24-11-20(27)29)25-21(30)26-22(2,3)4/h5-13H,1-4H3,(H2,25,26,30)/t13-/m0/s1. The van der Waals surface area contributed by atoms with Crippen LogP contribution in [0.25, 0.3) is 11.0 Å². The van der Waals surface area contributed by atoms with Gasteiger partial charge in [-0.1, -0.05) is 0 Å². The van der Waals surface area contributed by atoms with E-state index in [0.717, 1.165) is 6.20 Å². The van der Waals surface area contributed by atoms with Gasteiger partial charge in [-0.2, -0.15) is 0 Å². The SMILES string of the molecule is C[C@@H](c1cc(C=O)ccc1F)n1c(=O)cnc2cc(NC(=O)NC(C)(C)C)ccc21. The van der Waals surface area contributed by atoms with Crippen LogP contribution in [0.3, 0.4) is 0 Å². The first-order chi connectivity index (χ1) is 14.1. The summed E-state index contributed by atoms with van der Waals surface area (Å²) in [6.07, 6.45) is 1.78. The fourth-order valence-corrected chi connectivity index (χ4v) is 3.21. The quantitative estimate of drug-likeness (QED) is 0.639. The number of hydrogen-bond acceptors (Lipinski definition) is 4. The Morgan fingerprint density at radius 1 is 1.20 bits per heavy atom. The maximum Gasteiger partial charge on any atom is 0.319 e. The Labute approximate surface area is 172 Å². The first-order valence-corrected chi connectivity index (χ1v) is 9.44. The first-order valence-electron chi connectivity index (χ1n) is 9.44. The van der Waals surface area contributed by atoms with Crippen molar-refractivity contribution in [2.45, 2.75) is 39.3 Å². The third-order valence-electron chi connectivity index (χ3n) is 4.53. The molecular formula is C22H23FN4O3. The molecule has 1 atom stereocenters. The molecule has 8 heteroatoms. The van der Waals surface area contributed by atoms with Crippen molar-refractivity contribution in [3.63, 3.8) is 0 Å². The van der Waals surface area contributed by atoms with Crippen molar-refractivity contribution in [1.29, 1.82) is 0 Å². The Kier molecular flexibility index (Phi) is 5.69. The number of halogens is 1. The zero-order valence-corrected chi connectivity index (χ0v) is 17.2. The van der Waals surface area contributed by atoms with Crippen LogP contribution in [0.15, 0.2) is 47.4 Å². The Morgan fingerprint density at radius 3 is 2.60 bits per heavy atom. The van der Waals surface area contributed by atoms with Crippen LogP contribution < -0.4 is 16.2 Å². The van der Waals surface area contributed by atoms with Crippen LogP contribution in [0.1, 0.15) is 49.7 Å². The van der Waals surface area contributed by atoms with Gasteiger partial charge in [0.15, 0.2) is 0 Å². The molecule has 1 aromatic heterocycles. The number of aldehydes is 1. The van der Waals surface area contributed by atoms with Gasteiger partial charge in [-0.05, 0) is 64.1 Å². The summed E-state index contributed by atoms with van der Waals surface area (Å²) in [7, 11) is 0. The number of nitrogens with zero attached hydrogens (tertiary/aromatic N) is 2. The predicted octanol–water partition coefficient (Wildman–Crippen LogP) is 3.88. The molecule has 0 saturated heterocycles. The molecule has 0 aliphatic carbocycles. The van der Waals surface area contributed by atoms with E-state index < -0.39 is 23.0 Å². The number of aromatic nitrogens is 2. The number of urea groups is 1. The Bertz CT molecular complexity index is 1180. The van der Waals surface area contributed by atoms with Crippen LogP contribution >= 0.6 is 0 Å². The molecule has 0 unspecified atom stereocenters. The van der Waals surface area contributed by atoms with Crippen LogP contribution in [0, 0.1) is 5.82 Å². The van der Waals surface area contributed by atoms with Crippen molar-refractivity contribution >= 4 is 29.0 Å². The van der Waals surface area contributed by atoms with Gasteiger partial charge < -0.3 is 10.6 Å². The van der Waals surface area contributed by atoms with Gasteiger partial charge in [0, 0.05) is 22.4 Å². The fourth-order valence-electron chi connectivity index (χ4n) is 3.21. The second kappa shape index (κ2) is 8.06. The normalized spacial score (nSPS) is 12.4.